The van der Waals surface area contributed by atoms with E-state index in [1.807, 2.05) is 27.7 Å². The van der Waals surface area contributed by atoms with Gasteiger partial charge in [0.2, 0.25) is 11.8 Å². The summed E-state index contributed by atoms with van der Waals surface area (Å²) in [4.78, 5) is 25.2. The van der Waals surface area contributed by atoms with Crippen LogP contribution in [0, 0.1) is 11.3 Å². The van der Waals surface area contributed by atoms with Crippen LogP contribution in [-0.4, -0.2) is 35.3 Å². The lowest BCUT2D eigenvalue weighted by Gasteiger charge is -2.39. The molecule has 1 heterocycles. The Kier molecular flexibility index (Phi) is 3.52. The number of carbonyl (C=O) groups is 2. The Bertz CT molecular complexity index is 331. The average molecular weight is 241 g/mol. The fourth-order valence-electron chi connectivity index (χ4n) is 1.85. The third-order valence-corrected chi connectivity index (χ3v) is 4.02. The first-order valence-corrected chi connectivity index (χ1v) is 5.95. The monoisotopic (exact) mass is 241 g/mol. The van der Waals surface area contributed by atoms with Gasteiger partial charge in [0.25, 0.3) is 0 Å². The summed E-state index contributed by atoms with van der Waals surface area (Å²) in [5.41, 5.74) is 10.0. The zero-order valence-electron chi connectivity index (χ0n) is 11.1. The molecule has 1 aliphatic rings. The number of likely N-dealkylation sites (tertiary alicyclic amines) is 1. The molecular formula is C12H23N3O2. The molecule has 1 atom stereocenters. The van der Waals surface area contributed by atoms with Crippen molar-refractivity contribution in [1.29, 1.82) is 0 Å². The smallest absolute Gasteiger partial charge is 0.230 e. The number of hydrogen-bond acceptors (Lipinski definition) is 3. The van der Waals surface area contributed by atoms with Crippen molar-refractivity contribution in [3.63, 3.8) is 0 Å². The molecular weight excluding hydrogens is 218 g/mol. The quantitative estimate of drug-likeness (QED) is 0.733. The van der Waals surface area contributed by atoms with Crippen molar-refractivity contribution >= 4 is 11.8 Å². The minimum absolute atomic E-state index is 0.00579. The van der Waals surface area contributed by atoms with Gasteiger partial charge in [-0.2, -0.15) is 0 Å². The summed E-state index contributed by atoms with van der Waals surface area (Å²) in [6.45, 7) is 8.37. The molecule has 1 saturated heterocycles. The molecule has 5 heteroatoms. The molecule has 0 aromatic carbocycles. The van der Waals surface area contributed by atoms with E-state index in [1.54, 1.807) is 4.90 Å². The molecule has 0 saturated carbocycles. The maximum absolute atomic E-state index is 12.4. The minimum Gasteiger partial charge on any atom is -0.369 e. The highest BCUT2D eigenvalue weighted by atomic mass is 16.2. The van der Waals surface area contributed by atoms with Crippen LogP contribution in [-0.2, 0) is 9.59 Å². The van der Waals surface area contributed by atoms with Crippen molar-refractivity contribution < 1.29 is 9.59 Å². The van der Waals surface area contributed by atoms with Gasteiger partial charge in [-0.05, 0) is 34.1 Å². The molecule has 17 heavy (non-hydrogen) atoms. The van der Waals surface area contributed by atoms with Crippen molar-refractivity contribution in [2.24, 2.45) is 22.8 Å². The molecule has 1 aliphatic heterocycles. The summed E-state index contributed by atoms with van der Waals surface area (Å²) < 4.78 is 0. The fraction of sp³-hybridized carbons (Fsp3) is 0.833. The number of carbonyl (C=O) groups excluding carboxylic acids is 2. The second-order valence-corrected chi connectivity index (χ2v) is 5.99. The largest absolute Gasteiger partial charge is 0.369 e. The van der Waals surface area contributed by atoms with E-state index in [1.165, 1.54) is 0 Å². The molecule has 98 valence electrons. The molecule has 0 radical (unpaired) electrons. The zero-order valence-corrected chi connectivity index (χ0v) is 11.1. The summed E-state index contributed by atoms with van der Waals surface area (Å²) in [7, 11) is 0. The van der Waals surface area contributed by atoms with E-state index in [0.717, 1.165) is 0 Å². The molecule has 0 aromatic rings. The first-order chi connectivity index (χ1) is 7.57. The Balaban J connectivity index is 2.77. The first-order valence-electron chi connectivity index (χ1n) is 5.95. The highest BCUT2D eigenvalue weighted by Crippen LogP contribution is 2.32. The van der Waals surface area contributed by atoms with Crippen molar-refractivity contribution in [2.75, 3.05) is 13.1 Å². The standard InChI is InChI=1S/C12H23N3O2/c1-11(2,12(3,4)14)10(17)15-6-5-8(7-15)9(13)16/h8H,5-7,14H2,1-4H3,(H2,13,16). The Hall–Kier alpha value is -1.10. The van der Waals surface area contributed by atoms with Gasteiger partial charge >= 0.3 is 0 Å². The zero-order chi connectivity index (χ0) is 13.4. The minimum atomic E-state index is -0.653. The lowest BCUT2D eigenvalue weighted by atomic mass is 9.74. The highest BCUT2D eigenvalue weighted by Gasteiger charge is 2.44. The Morgan fingerprint density at radius 1 is 1.24 bits per heavy atom. The van der Waals surface area contributed by atoms with E-state index >= 15 is 0 Å². The molecule has 0 bridgehead atoms. The van der Waals surface area contributed by atoms with Crippen LogP contribution < -0.4 is 11.5 Å². The van der Waals surface area contributed by atoms with Gasteiger partial charge in [0.1, 0.15) is 0 Å². The van der Waals surface area contributed by atoms with Crippen LogP contribution in [0.2, 0.25) is 0 Å². The van der Waals surface area contributed by atoms with E-state index < -0.39 is 11.0 Å². The van der Waals surface area contributed by atoms with Gasteiger partial charge in [-0.25, -0.2) is 0 Å². The number of nitrogens with zero attached hydrogens (tertiary/aromatic N) is 1. The van der Waals surface area contributed by atoms with Crippen molar-refractivity contribution in [1.82, 2.24) is 4.90 Å². The molecule has 1 fully saturated rings. The van der Waals surface area contributed by atoms with Gasteiger partial charge in [0.05, 0.1) is 11.3 Å². The van der Waals surface area contributed by atoms with E-state index in [2.05, 4.69) is 0 Å². The second-order valence-electron chi connectivity index (χ2n) is 5.99. The summed E-state index contributed by atoms with van der Waals surface area (Å²) in [5.74, 6) is -0.547. The molecule has 0 aliphatic carbocycles. The molecule has 0 aromatic heterocycles. The van der Waals surface area contributed by atoms with Gasteiger partial charge in [-0.3, -0.25) is 9.59 Å². The van der Waals surface area contributed by atoms with Crippen molar-refractivity contribution in [2.45, 2.75) is 39.7 Å². The molecule has 1 unspecified atom stereocenters. The van der Waals surface area contributed by atoms with Crippen LogP contribution in [0.5, 0.6) is 0 Å². The topological polar surface area (TPSA) is 89.4 Å². The van der Waals surface area contributed by atoms with Crippen molar-refractivity contribution in [3.05, 3.63) is 0 Å². The van der Waals surface area contributed by atoms with Crippen molar-refractivity contribution in [3.8, 4) is 0 Å². The van der Waals surface area contributed by atoms with E-state index in [0.29, 0.717) is 19.5 Å². The highest BCUT2D eigenvalue weighted by molar-refractivity contribution is 5.85. The number of rotatable bonds is 3. The van der Waals surface area contributed by atoms with Crippen LogP contribution in [0.4, 0.5) is 0 Å². The number of hydrogen-bond donors (Lipinski definition) is 2. The number of primary amides is 1. The van der Waals surface area contributed by atoms with Gasteiger partial charge in [-0.15, -0.1) is 0 Å². The summed E-state index contributed by atoms with van der Waals surface area (Å²) >= 11 is 0. The van der Waals surface area contributed by atoms with E-state index in [9.17, 15) is 9.59 Å². The van der Waals surface area contributed by atoms with Crippen LogP contribution in [0.25, 0.3) is 0 Å². The van der Waals surface area contributed by atoms with E-state index in [4.69, 9.17) is 11.5 Å². The number of nitrogens with two attached hydrogens (primary N) is 2. The van der Waals surface area contributed by atoms with Gasteiger partial charge < -0.3 is 16.4 Å². The van der Waals surface area contributed by atoms with Gasteiger partial charge in [-0.1, -0.05) is 0 Å². The SMILES string of the molecule is CC(C)(N)C(C)(C)C(=O)N1CCC(C(N)=O)C1. The average Bonchev–Trinajstić information content (AvgIpc) is 2.63. The Labute approximate surface area is 103 Å². The maximum atomic E-state index is 12.4. The van der Waals surface area contributed by atoms with Gasteiger partial charge in [0, 0.05) is 18.6 Å². The lowest BCUT2D eigenvalue weighted by Crippen LogP contribution is -2.56. The molecule has 0 spiro atoms. The molecule has 2 amide bonds. The maximum Gasteiger partial charge on any atom is 0.230 e. The van der Waals surface area contributed by atoms with Crippen LogP contribution in [0.1, 0.15) is 34.1 Å². The first kappa shape index (κ1) is 14.0. The fourth-order valence-corrected chi connectivity index (χ4v) is 1.85. The van der Waals surface area contributed by atoms with E-state index in [-0.39, 0.29) is 17.7 Å². The Morgan fingerprint density at radius 2 is 1.76 bits per heavy atom. The normalized spacial score (nSPS) is 21.7. The van der Waals surface area contributed by atoms with Crippen LogP contribution >= 0.6 is 0 Å². The molecule has 1 rings (SSSR count). The molecule has 5 nitrogen and oxygen atoms in total. The van der Waals surface area contributed by atoms with Crippen LogP contribution in [0.3, 0.4) is 0 Å². The lowest BCUT2D eigenvalue weighted by molar-refractivity contribution is -0.142. The molecule has 4 N–H and O–H groups in total. The summed E-state index contributed by atoms with van der Waals surface area (Å²) in [6, 6.07) is 0. The summed E-state index contributed by atoms with van der Waals surface area (Å²) in [6.07, 6.45) is 0.655. The van der Waals surface area contributed by atoms with Gasteiger partial charge in [0.15, 0.2) is 0 Å². The predicted molar refractivity (Wildman–Crippen MR) is 65.9 cm³/mol. The second kappa shape index (κ2) is 4.29. The third-order valence-electron chi connectivity index (χ3n) is 4.02. The summed E-state index contributed by atoms with van der Waals surface area (Å²) in [5, 5.41) is 0. The predicted octanol–water partition coefficient (Wildman–Crippen LogP) is 0.0837. The Morgan fingerprint density at radius 3 is 2.12 bits per heavy atom. The number of amides is 2. The third kappa shape index (κ3) is 2.60. The van der Waals surface area contributed by atoms with Crippen LogP contribution in [0.15, 0.2) is 0 Å².